The Morgan fingerprint density at radius 2 is 2.21 bits per heavy atom. The molecule has 0 spiro atoms. The molecule has 0 aliphatic carbocycles. The Kier molecular flexibility index (Phi) is 3.79. The standard InChI is InChI=1S/C13H17N5O/c1-9-3-4-12(10(2)17-9)13(19)15-5-6-18-8-11(14)7-16-18/h3-4,7-8H,5-6,14H2,1-2H3,(H,15,19). The highest BCUT2D eigenvalue weighted by Gasteiger charge is 2.09. The number of carbonyl (C=O) groups excluding carboxylic acids is 1. The summed E-state index contributed by atoms with van der Waals surface area (Å²) < 4.78 is 1.69. The van der Waals surface area contributed by atoms with Gasteiger partial charge in [0.15, 0.2) is 0 Å². The quantitative estimate of drug-likeness (QED) is 0.854. The van der Waals surface area contributed by atoms with E-state index in [-0.39, 0.29) is 5.91 Å². The van der Waals surface area contributed by atoms with E-state index >= 15 is 0 Å². The molecule has 2 aromatic heterocycles. The number of aryl methyl sites for hydroxylation is 2. The summed E-state index contributed by atoms with van der Waals surface area (Å²) in [6.07, 6.45) is 3.31. The van der Waals surface area contributed by atoms with Gasteiger partial charge in [-0.05, 0) is 26.0 Å². The van der Waals surface area contributed by atoms with E-state index in [1.807, 2.05) is 19.9 Å². The molecule has 6 nitrogen and oxygen atoms in total. The van der Waals surface area contributed by atoms with Gasteiger partial charge in [0.05, 0.1) is 29.7 Å². The minimum atomic E-state index is -0.120. The molecule has 0 unspecified atom stereocenters. The third-order valence-electron chi connectivity index (χ3n) is 2.75. The van der Waals surface area contributed by atoms with E-state index in [1.54, 1.807) is 23.1 Å². The molecule has 0 atom stereocenters. The number of nitrogens with one attached hydrogen (secondary N) is 1. The monoisotopic (exact) mass is 259 g/mol. The number of nitrogen functional groups attached to an aromatic ring is 1. The zero-order valence-electron chi connectivity index (χ0n) is 11.1. The molecule has 100 valence electrons. The summed E-state index contributed by atoms with van der Waals surface area (Å²) in [5, 5.41) is 6.88. The lowest BCUT2D eigenvalue weighted by atomic mass is 10.2. The van der Waals surface area contributed by atoms with Crippen molar-refractivity contribution in [3.63, 3.8) is 0 Å². The van der Waals surface area contributed by atoms with E-state index < -0.39 is 0 Å². The zero-order valence-corrected chi connectivity index (χ0v) is 11.1. The SMILES string of the molecule is Cc1ccc(C(=O)NCCn2cc(N)cn2)c(C)n1. The van der Waals surface area contributed by atoms with Crippen LogP contribution in [0.5, 0.6) is 0 Å². The first-order valence-corrected chi connectivity index (χ1v) is 6.06. The van der Waals surface area contributed by atoms with E-state index in [2.05, 4.69) is 15.4 Å². The first kappa shape index (κ1) is 13.1. The predicted octanol–water partition coefficient (Wildman–Crippen LogP) is 0.907. The molecule has 0 bridgehead atoms. The Morgan fingerprint density at radius 3 is 2.84 bits per heavy atom. The summed E-state index contributed by atoms with van der Waals surface area (Å²) in [6, 6.07) is 3.62. The Balaban J connectivity index is 1.90. The number of nitrogens with zero attached hydrogens (tertiary/aromatic N) is 3. The molecule has 0 aliphatic heterocycles. The molecular formula is C13H17N5O. The first-order valence-electron chi connectivity index (χ1n) is 6.06. The molecule has 0 radical (unpaired) electrons. The van der Waals surface area contributed by atoms with Crippen molar-refractivity contribution in [1.82, 2.24) is 20.1 Å². The van der Waals surface area contributed by atoms with Gasteiger partial charge in [0.2, 0.25) is 0 Å². The highest BCUT2D eigenvalue weighted by atomic mass is 16.1. The van der Waals surface area contributed by atoms with Crippen molar-refractivity contribution < 1.29 is 4.79 Å². The molecule has 1 amide bonds. The van der Waals surface area contributed by atoms with Crippen LogP contribution in [-0.4, -0.2) is 27.2 Å². The molecule has 2 heterocycles. The summed E-state index contributed by atoms with van der Waals surface area (Å²) in [4.78, 5) is 16.2. The van der Waals surface area contributed by atoms with Crippen LogP contribution in [0, 0.1) is 13.8 Å². The van der Waals surface area contributed by atoms with Gasteiger partial charge in [-0.25, -0.2) is 0 Å². The largest absolute Gasteiger partial charge is 0.396 e. The topological polar surface area (TPSA) is 85.8 Å². The average Bonchev–Trinajstić information content (AvgIpc) is 2.75. The lowest BCUT2D eigenvalue weighted by Gasteiger charge is -2.07. The second-order valence-corrected chi connectivity index (χ2v) is 4.38. The lowest BCUT2D eigenvalue weighted by molar-refractivity contribution is 0.0951. The Hall–Kier alpha value is -2.37. The van der Waals surface area contributed by atoms with Crippen LogP contribution in [0.3, 0.4) is 0 Å². The van der Waals surface area contributed by atoms with E-state index in [4.69, 9.17) is 5.73 Å². The number of hydrogen-bond acceptors (Lipinski definition) is 4. The highest BCUT2D eigenvalue weighted by molar-refractivity contribution is 5.95. The van der Waals surface area contributed by atoms with Gasteiger partial charge in [0.25, 0.3) is 5.91 Å². The van der Waals surface area contributed by atoms with Gasteiger partial charge in [-0.2, -0.15) is 5.10 Å². The van der Waals surface area contributed by atoms with Gasteiger partial charge in [0.1, 0.15) is 0 Å². The molecule has 0 fully saturated rings. The number of rotatable bonds is 4. The normalized spacial score (nSPS) is 10.4. The predicted molar refractivity (Wildman–Crippen MR) is 72.7 cm³/mol. The maximum absolute atomic E-state index is 12.0. The lowest BCUT2D eigenvalue weighted by Crippen LogP contribution is -2.28. The van der Waals surface area contributed by atoms with Crippen LogP contribution in [0.4, 0.5) is 5.69 Å². The molecule has 6 heteroatoms. The number of hydrogen-bond donors (Lipinski definition) is 2. The van der Waals surface area contributed by atoms with Crippen molar-refractivity contribution in [2.24, 2.45) is 0 Å². The number of nitrogens with two attached hydrogens (primary N) is 1. The van der Waals surface area contributed by atoms with E-state index in [0.717, 1.165) is 11.4 Å². The van der Waals surface area contributed by atoms with E-state index in [0.29, 0.717) is 24.3 Å². The van der Waals surface area contributed by atoms with Crippen molar-refractivity contribution in [1.29, 1.82) is 0 Å². The zero-order chi connectivity index (χ0) is 13.8. The van der Waals surface area contributed by atoms with Gasteiger partial charge >= 0.3 is 0 Å². The minimum absolute atomic E-state index is 0.120. The Bertz CT molecular complexity index is 590. The van der Waals surface area contributed by atoms with E-state index in [1.165, 1.54) is 0 Å². The van der Waals surface area contributed by atoms with E-state index in [9.17, 15) is 4.79 Å². The molecular weight excluding hydrogens is 242 g/mol. The smallest absolute Gasteiger partial charge is 0.253 e. The molecule has 2 aromatic rings. The second kappa shape index (κ2) is 5.51. The molecule has 0 saturated carbocycles. The Morgan fingerprint density at radius 1 is 1.42 bits per heavy atom. The van der Waals surface area contributed by atoms with Crippen LogP contribution in [0.15, 0.2) is 24.5 Å². The number of carbonyl (C=O) groups is 1. The molecule has 0 saturated heterocycles. The third kappa shape index (κ3) is 3.31. The van der Waals surface area contributed by atoms with Gasteiger partial charge in [-0.1, -0.05) is 0 Å². The van der Waals surface area contributed by atoms with Crippen LogP contribution < -0.4 is 11.1 Å². The number of amides is 1. The molecule has 0 aliphatic rings. The molecule has 0 aromatic carbocycles. The fourth-order valence-electron chi connectivity index (χ4n) is 1.81. The summed E-state index contributed by atoms with van der Waals surface area (Å²) in [5.41, 5.74) is 8.41. The van der Waals surface area contributed by atoms with Crippen molar-refractivity contribution in [3.8, 4) is 0 Å². The molecule has 19 heavy (non-hydrogen) atoms. The summed E-state index contributed by atoms with van der Waals surface area (Å²) in [7, 11) is 0. The minimum Gasteiger partial charge on any atom is -0.396 e. The first-order chi connectivity index (χ1) is 9.06. The molecule has 2 rings (SSSR count). The second-order valence-electron chi connectivity index (χ2n) is 4.38. The third-order valence-corrected chi connectivity index (χ3v) is 2.75. The van der Waals surface area contributed by atoms with Crippen LogP contribution in [0.1, 0.15) is 21.7 Å². The average molecular weight is 259 g/mol. The van der Waals surface area contributed by atoms with Gasteiger partial charge in [0, 0.05) is 18.4 Å². The van der Waals surface area contributed by atoms with Crippen LogP contribution in [0.2, 0.25) is 0 Å². The fourth-order valence-corrected chi connectivity index (χ4v) is 1.81. The van der Waals surface area contributed by atoms with Crippen molar-refractivity contribution in [2.45, 2.75) is 20.4 Å². The Labute approximate surface area is 111 Å². The van der Waals surface area contributed by atoms with Crippen molar-refractivity contribution in [2.75, 3.05) is 12.3 Å². The van der Waals surface area contributed by atoms with Gasteiger partial charge in [-0.3, -0.25) is 14.5 Å². The number of anilines is 1. The summed E-state index contributed by atoms with van der Waals surface area (Å²) in [6.45, 7) is 4.81. The van der Waals surface area contributed by atoms with Gasteiger partial charge < -0.3 is 11.1 Å². The number of aromatic nitrogens is 3. The summed E-state index contributed by atoms with van der Waals surface area (Å²) >= 11 is 0. The summed E-state index contributed by atoms with van der Waals surface area (Å²) in [5.74, 6) is -0.120. The van der Waals surface area contributed by atoms with Crippen molar-refractivity contribution >= 4 is 11.6 Å². The number of pyridine rings is 1. The fraction of sp³-hybridized carbons (Fsp3) is 0.308. The van der Waals surface area contributed by atoms with Gasteiger partial charge in [-0.15, -0.1) is 0 Å². The maximum Gasteiger partial charge on any atom is 0.253 e. The van der Waals surface area contributed by atoms with Crippen LogP contribution in [-0.2, 0) is 6.54 Å². The van der Waals surface area contributed by atoms with Crippen LogP contribution in [0.25, 0.3) is 0 Å². The highest BCUT2D eigenvalue weighted by Crippen LogP contribution is 2.06. The molecule has 3 N–H and O–H groups in total. The maximum atomic E-state index is 12.0. The van der Waals surface area contributed by atoms with Crippen molar-refractivity contribution in [3.05, 3.63) is 41.5 Å². The van der Waals surface area contributed by atoms with Crippen LogP contribution >= 0.6 is 0 Å².